The smallest absolute Gasteiger partial charge is 0.246 e. The van der Waals surface area contributed by atoms with Crippen molar-refractivity contribution in [2.24, 2.45) is 23.7 Å². The van der Waals surface area contributed by atoms with Crippen LogP contribution in [0.5, 0.6) is 0 Å². The summed E-state index contributed by atoms with van der Waals surface area (Å²) in [6.07, 6.45) is 1.20. The van der Waals surface area contributed by atoms with E-state index in [2.05, 4.69) is 10.6 Å². The van der Waals surface area contributed by atoms with E-state index in [0.717, 1.165) is 12.0 Å². The van der Waals surface area contributed by atoms with Crippen LogP contribution in [0.25, 0.3) is 0 Å². The molecule has 0 aromatic heterocycles. The van der Waals surface area contributed by atoms with Gasteiger partial charge >= 0.3 is 0 Å². The highest BCUT2D eigenvalue weighted by molar-refractivity contribution is 6.02. The predicted octanol–water partition coefficient (Wildman–Crippen LogP) is 3.36. The summed E-state index contributed by atoms with van der Waals surface area (Å²) >= 11 is 0. The summed E-state index contributed by atoms with van der Waals surface area (Å²) in [6, 6.07) is 17.2. The van der Waals surface area contributed by atoms with Gasteiger partial charge in [-0.05, 0) is 42.9 Å². The third-order valence-corrected chi connectivity index (χ3v) is 9.48. The van der Waals surface area contributed by atoms with E-state index in [1.165, 1.54) is 0 Å². The van der Waals surface area contributed by atoms with E-state index >= 15 is 0 Å². The molecule has 2 bridgehead atoms. The summed E-state index contributed by atoms with van der Waals surface area (Å²) < 4.78 is 6.78. The summed E-state index contributed by atoms with van der Waals surface area (Å²) in [7, 11) is 0. The molecule has 0 saturated carbocycles. The van der Waals surface area contributed by atoms with E-state index < -0.39 is 35.1 Å². The van der Waals surface area contributed by atoms with Crippen molar-refractivity contribution in [3.63, 3.8) is 0 Å². The maximum Gasteiger partial charge on any atom is 0.246 e. The maximum atomic E-state index is 14.4. The third kappa shape index (κ3) is 4.34. The standard InChI is InChI=1S/C31H39N3O5/c1-5-19(2)23(18-35)34-26(28(37)32-17-21-12-8-6-9-13-21)31-16-20(3)30(4,39-31)24(25(31)29(34)38)27(36)33-22-14-10-7-11-15-22/h6-15,19-20,23-26,35H,5,16-18H2,1-4H3,(H,32,37)(H,33,36)/t19-,20?,23-,24-,25-,26?,30+,31?/m0/s1. The number of para-hydroxylation sites is 1. The number of benzene rings is 2. The minimum atomic E-state index is -1.16. The van der Waals surface area contributed by atoms with E-state index in [4.69, 9.17) is 4.74 Å². The Kier molecular flexibility index (Phi) is 7.29. The van der Waals surface area contributed by atoms with Crippen molar-refractivity contribution in [2.45, 2.75) is 70.4 Å². The number of carbonyl (C=O) groups excluding carboxylic acids is 3. The lowest BCUT2D eigenvalue weighted by Crippen LogP contribution is -2.59. The van der Waals surface area contributed by atoms with Crippen molar-refractivity contribution in [3.8, 4) is 0 Å². The van der Waals surface area contributed by atoms with Crippen LogP contribution in [0.4, 0.5) is 5.69 Å². The minimum Gasteiger partial charge on any atom is -0.394 e. The van der Waals surface area contributed by atoms with Gasteiger partial charge in [-0.15, -0.1) is 0 Å². The number of aliphatic hydroxyl groups excluding tert-OH is 1. The fraction of sp³-hybridized carbons (Fsp3) is 0.516. The molecule has 3 heterocycles. The number of carbonyl (C=O) groups is 3. The number of amides is 3. The highest BCUT2D eigenvalue weighted by Crippen LogP contribution is 2.65. The van der Waals surface area contributed by atoms with Crippen LogP contribution in [0.15, 0.2) is 60.7 Å². The Hall–Kier alpha value is -3.23. The number of rotatable bonds is 9. The number of aliphatic hydroxyl groups is 1. The molecule has 8 nitrogen and oxygen atoms in total. The summed E-state index contributed by atoms with van der Waals surface area (Å²) in [6.45, 7) is 7.92. The molecule has 3 N–H and O–H groups in total. The van der Waals surface area contributed by atoms with Crippen molar-refractivity contribution in [1.82, 2.24) is 10.2 Å². The van der Waals surface area contributed by atoms with Gasteiger partial charge in [-0.3, -0.25) is 14.4 Å². The monoisotopic (exact) mass is 533 g/mol. The second kappa shape index (κ2) is 10.4. The van der Waals surface area contributed by atoms with Gasteiger partial charge in [0.1, 0.15) is 11.6 Å². The van der Waals surface area contributed by atoms with E-state index in [1.807, 2.05) is 76.2 Å². The van der Waals surface area contributed by atoms with Gasteiger partial charge in [0.2, 0.25) is 17.7 Å². The highest BCUT2D eigenvalue weighted by atomic mass is 16.5. The second-order valence-electron chi connectivity index (χ2n) is 11.6. The zero-order valence-corrected chi connectivity index (χ0v) is 23.1. The zero-order valence-electron chi connectivity index (χ0n) is 23.1. The lowest BCUT2D eigenvalue weighted by atomic mass is 9.62. The van der Waals surface area contributed by atoms with Gasteiger partial charge in [0.25, 0.3) is 0 Å². The number of ether oxygens (including phenoxy) is 1. The molecule has 3 saturated heterocycles. The van der Waals surface area contributed by atoms with Crippen LogP contribution in [0.1, 0.15) is 46.1 Å². The first-order chi connectivity index (χ1) is 18.7. The lowest BCUT2D eigenvalue weighted by molar-refractivity contribution is -0.151. The zero-order chi connectivity index (χ0) is 27.9. The Morgan fingerprint density at radius 3 is 2.36 bits per heavy atom. The van der Waals surface area contributed by atoms with E-state index in [0.29, 0.717) is 18.7 Å². The van der Waals surface area contributed by atoms with Crippen LogP contribution < -0.4 is 10.6 Å². The Balaban J connectivity index is 1.54. The fourth-order valence-electron chi connectivity index (χ4n) is 7.17. The molecule has 39 heavy (non-hydrogen) atoms. The van der Waals surface area contributed by atoms with Crippen LogP contribution in [-0.2, 0) is 25.7 Å². The second-order valence-corrected chi connectivity index (χ2v) is 11.6. The molecule has 3 unspecified atom stereocenters. The van der Waals surface area contributed by atoms with Crippen LogP contribution in [0.2, 0.25) is 0 Å². The first-order valence-corrected chi connectivity index (χ1v) is 14.0. The van der Waals surface area contributed by atoms with Crippen LogP contribution in [-0.4, -0.2) is 57.6 Å². The fourth-order valence-corrected chi connectivity index (χ4v) is 7.17. The van der Waals surface area contributed by atoms with E-state index in [9.17, 15) is 19.5 Å². The summed E-state index contributed by atoms with van der Waals surface area (Å²) in [5.74, 6) is -2.62. The SMILES string of the molecule is CC[C@H](C)[C@H](CO)N1C(=O)[C@@H]2[C@@H](C(=O)Nc3ccccc3)[C@]3(C)OC2(CC3C)C1C(=O)NCc1ccccc1. The molecule has 208 valence electrons. The van der Waals surface area contributed by atoms with Crippen LogP contribution in [0.3, 0.4) is 0 Å². The molecule has 3 fully saturated rings. The molecular formula is C31H39N3O5. The van der Waals surface area contributed by atoms with Crippen LogP contribution in [0, 0.1) is 23.7 Å². The molecule has 1 spiro atoms. The van der Waals surface area contributed by atoms with Crippen molar-refractivity contribution < 1.29 is 24.2 Å². The van der Waals surface area contributed by atoms with Gasteiger partial charge < -0.3 is 25.4 Å². The summed E-state index contributed by atoms with van der Waals surface area (Å²) in [5.41, 5.74) is -0.490. The number of likely N-dealkylation sites (tertiary alicyclic amines) is 1. The van der Waals surface area contributed by atoms with Gasteiger partial charge in [-0.25, -0.2) is 0 Å². The van der Waals surface area contributed by atoms with Crippen LogP contribution >= 0.6 is 0 Å². The quantitative estimate of drug-likeness (QED) is 0.458. The lowest BCUT2D eigenvalue weighted by Gasteiger charge is -2.39. The van der Waals surface area contributed by atoms with E-state index in [-0.39, 0.29) is 36.2 Å². The maximum absolute atomic E-state index is 14.4. The molecule has 5 rings (SSSR count). The summed E-state index contributed by atoms with van der Waals surface area (Å²) in [5, 5.41) is 16.5. The number of fused-ring (bicyclic) bond motifs is 1. The van der Waals surface area contributed by atoms with Crippen molar-refractivity contribution in [2.75, 3.05) is 11.9 Å². The molecule has 0 aliphatic carbocycles. The Morgan fingerprint density at radius 2 is 1.74 bits per heavy atom. The Bertz CT molecular complexity index is 1220. The number of anilines is 1. The number of nitrogens with zero attached hydrogens (tertiary/aromatic N) is 1. The molecule has 8 atom stereocenters. The third-order valence-electron chi connectivity index (χ3n) is 9.48. The Morgan fingerprint density at radius 1 is 1.10 bits per heavy atom. The molecule has 3 amide bonds. The van der Waals surface area contributed by atoms with Gasteiger partial charge in [0, 0.05) is 12.2 Å². The first kappa shape index (κ1) is 27.3. The van der Waals surface area contributed by atoms with Gasteiger partial charge in [0.05, 0.1) is 30.1 Å². The Labute approximate surface area is 230 Å². The molecule has 2 aromatic carbocycles. The minimum absolute atomic E-state index is 0.0552. The average Bonchev–Trinajstić information content (AvgIpc) is 3.45. The largest absolute Gasteiger partial charge is 0.394 e. The number of hydrogen-bond acceptors (Lipinski definition) is 5. The number of nitrogens with one attached hydrogen (secondary N) is 2. The molecule has 3 aliphatic heterocycles. The molecule has 2 aromatic rings. The molecule has 0 radical (unpaired) electrons. The average molecular weight is 534 g/mol. The van der Waals surface area contributed by atoms with Gasteiger partial charge in [-0.2, -0.15) is 0 Å². The van der Waals surface area contributed by atoms with Crippen molar-refractivity contribution in [1.29, 1.82) is 0 Å². The van der Waals surface area contributed by atoms with Gasteiger partial charge in [-0.1, -0.05) is 75.7 Å². The molecule has 8 heteroatoms. The normalized spacial score (nSPS) is 32.5. The van der Waals surface area contributed by atoms with Crippen molar-refractivity contribution >= 4 is 23.4 Å². The van der Waals surface area contributed by atoms with Gasteiger partial charge in [0.15, 0.2) is 0 Å². The number of hydrogen-bond donors (Lipinski definition) is 3. The highest BCUT2D eigenvalue weighted by Gasteiger charge is 2.80. The molecule has 3 aliphatic rings. The summed E-state index contributed by atoms with van der Waals surface area (Å²) in [4.78, 5) is 43.8. The van der Waals surface area contributed by atoms with E-state index in [1.54, 1.807) is 17.0 Å². The molecular weight excluding hydrogens is 494 g/mol. The van der Waals surface area contributed by atoms with Crippen molar-refractivity contribution in [3.05, 3.63) is 66.2 Å². The first-order valence-electron chi connectivity index (χ1n) is 14.0. The predicted molar refractivity (Wildman–Crippen MR) is 147 cm³/mol. The topological polar surface area (TPSA) is 108 Å².